The number of aromatic carboxylic acids is 1. The van der Waals surface area contributed by atoms with Crippen molar-refractivity contribution in [3.63, 3.8) is 0 Å². The van der Waals surface area contributed by atoms with Crippen LogP contribution in [0.3, 0.4) is 0 Å². The summed E-state index contributed by atoms with van der Waals surface area (Å²) in [7, 11) is -4.06. The third kappa shape index (κ3) is 11.7. The highest BCUT2D eigenvalue weighted by Gasteiger charge is 2.21. The maximum atomic E-state index is 14.0. The molecule has 15 heteroatoms. The van der Waals surface area contributed by atoms with Crippen molar-refractivity contribution in [3.05, 3.63) is 124 Å². The Morgan fingerprint density at radius 1 is 0.717 bits per heavy atom. The van der Waals surface area contributed by atoms with Crippen LogP contribution in [0, 0.1) is 23.5 Å². The average Bonchev–Trinajstić information content (AvgIpc) is 3.09. The number of carbonyl (C=O) groups is 2. The third-order valence-corrected chi connectivity index (χ3v) is 8.88. The quantitative estimate of drug-likeness (QED) is 0.118. The van der Waals surface area contributed by atoms with Gasteiger partial charge in [-0.15, -0.1) is 0 Å². The maximum Gasteiger partial charge on any atom is 0.338 e. The van der Waals surface area contributed by atoms with Gasteiger partial charge in [-0.05, 0) is 72.5 Å². The molecule has 1 amide bonds. The van der Waals surface area contributed by atoms with Gasteiger partial charge in [0, 0.05) is 23.3 Å². The van der Waals surface area contributed by atoms with Crippen LogP contribution in [0.4, 0.5) is 8.78 Å². The lowest BCUT2D eigenvalue weighted by atomic mass is 10.1. The number of carboxylic acids is 1. The Hall–Kier alpha value is -5.11. The van der Waals surface area contributed by atoms with Gasteiger partial charge in [0.25, 0.3) is 15.9 Å². The van der Waals surface area contributed by atoms with Gasteiger partial charge in [0.1, 0.15) is 33.4 Å². The van der Waals surface area contributed by atoms with E-state index in [4.69, 9.17) is 37.8 Å². The third-order valence-electron chi connectivity index (χ3n) is 6.95. The lowest BCUT2D eigenvalue weighted by Gasteiger charge is -2.11. The summed E-state index contributed by atoms with van der Waals surface area (Å²) < 4.78 is 65.5. The number of amides is 1. The van der Waals surface area contributed by atoms with E-state index in [1.54, 1.807) is 30.3 Å². The Morgan fingerprint density at radius 2 is 1.17 bits per heavy atom. The first-order valence-corrected chi connectivity index (χ1v) is 18.3. The van der Waals surface area contributed by atoms with Crippen molar-refractivity contribution in [2.45, 2.75) is 32.6 Å². The molecule has 2 N–H and O–H groups in total. The van der Waals surface area contributed by atoms with E-state index >= 15 is 0 Å². The van der Waals surface area contributed by atoms with E-state index in [2.05, 4.69) is 9.97 Å². The van der Waals surface area contributed by atoms with E-state index < -0.39 is 33.5 Å². The van der Waals surface area contributed by atoms with Crippen molar-refractivity contribution in [2.75, 3.05) is 13.2 Å². The highest BCUT2D eigenvalue weighted by atomic mass is 35.5. The van der Waals surface area contributed by atoms with Crippen LogP contribution < -0.4 is 14.2 Å². The fraction of sp³-hybridized carbons (Fsp3) is 0.211. The van der Waals surface area contributed by atoms with Crippen molar-refractivity contribution in [1.82, 2.24) is 14.7 Å². The second-order valence-corrected chi connectivity index (χ2v) is 14.8. The number of nitrogens with one attached hydrogen (secondary N) is 1. The molecule has 0 atom stereocenters. The first-order chi connectivity index (χ1) is 25.0. The molecule has 0 saturated carbocycles. The summed E-state index contributed by atoms with van der Waals surface area (Å²) in [6.45, 7) is 8.83. The van der Waals surface area contributed by atoms with Gasteiger partial charge in [0.15, 0.2) is 0 Å². The molecule has 2 heterocycles. The molecule has 5 aromatic rings. The minimum Gasteiger partial charge on any atom is -0.493 e. The SMILES string of the molecule is CC(C)COc1cc(F)cc(-c2ccc(C(=O)NS(=O)(=O)c3ccccc3)c(Cl)n2)c1.CC(C)COc1cc(F)cc(-c2ccc(C(=O)O)c(Cl)n2)c1. The average molecular weight is 787 g/mol. The van der Waals surface area contributed by atoms with E-state index in [9.17, 15) is 26.8 Å². The van der Waals surface area contributed by atoms with E-state index in [0.717, 1.165) is 0 Å². The van der Waals surface area contributed by atoms with Crippen molar-refractivity contribution in [1.29, 1.82) is 0 Å². The van der Waals surface area contributed by atoms with E-state index in [0.29, 0.717) is 53.1 Å². The topological polar surface area (TPSA) is 145 Å². The highest BCUT2D eigenvalue weighted by Crippen LogP contribution is 2.29. The first-order valence-electron chi connectivity index (χ1n) is 16.1. The normalized spacial score (nSPS) is 11.1. The molecule has 2 aromatic heterocycles. The summed E-state index contributed by atoms with van der Waals surface area (Å²) in [6, 6.07) is 21.5. The summed E-state index contributed by atoms with van der Waals surface area (Å²) in [6.07, 6.45) is 0. The minimum atomic E-state index is -4.06. The molecule has 0 radical (unpaired) electrons. The number of ether oxygens (including phenoxy) is 2. The molecule has 0 fully saturated rings. The van der Waals surface area contributed by atoms with Gasteiger partial charge in [0.05, 0.1) is 40.6 Å². The molecule has 0 aliphatic heterocycles. The van der Waals surface area contributed by atoms with E-state index in [-0.39, 0.29) is 32.2 Å². The monoisotopic (exact) mass is 785 g/mol. The molecule has 5 rings (SSSR count). The van der Waals surface area contributed by atoms with Crippen LogP contribution in [-0.4, -0.2) is 48.6 Å². The predicted molar refractivity (Wildman–Crippen MR) is 198 cm³/mol. The number of carbonyl (C=O) groups excluding carboxylic acids is 1. The minimum absolute atomic E-state index is 0.0576. The van der Waals surface area contributed by atoms with Gasteiger partial charge in [-0.25, -0.2) is 36.7 Å². The van der Waals surface area contributed by atoms with Crippen LogP contribution in [0.15, 0.2) is 95.9 Å². The number of pyridine rings is 2. The molecule has 0 saturated heterocycles. The fourth-order valence-electron chi connectivity index (χ4n) is 4.47. The number of aromatic nitrogens is 2. The molecule has 0 unspecified atom stereocenters. The van der Waals surface area contributed by atoms with Crippen LogP contribution in [0.1, 0.15) is 48.4 Å². The zero-order valence-corrected chi connectivity index (χ0v) is 31.3. The number of nitrogens with zero attached hydrogens (tertiary/aromatic N) is 2. The zero-order valence-electron chi connectivity index (χ0n) is 28.9. The molecule has 0 bridgehead atoms. The summed E-state index contributed by atoms with van der Waals surface area (Å²) in [5.41, 5.74) is 1.34. The molecule has 3 aromatic carbocycles. The number of sulfonamides is 1. The van der Waals surface area contributed by atoms with Gasteiger partial charge in [-0.3, -0.25) is 4.79 Å². The van der Waals surface area contributed by atoms with Crippen LogP contribution in [0.2, 0.25) is 10.3 Å². The number of carboxylic acid groups (broad SMARTS) is 1. The molecule has 0 aliphatic rings. The summed E-state index contributed by atoms with van der Waals surface area (Å²) in [4.78, 5) is 31.5. The summed E-state index contributed by atoms with van der Waals surface area (Å²) in [5.74, 6) is -1.74. The molecule has 0 aliphatic carbocycles. The molecule has 0 spiro atoms. The lowest BCUT2D eigenvalue weighted by Crippen LogP contribution is -2.30. The van der Waals surface area contributed by atoms with E-state index in [1.165, 1.54) is 60.7 Å². The maximum absolute atomic E-state index is 14.0. The Morgan fingerprint density at radius 3 is 1.58 bits per heavy atom. The number of benzene rings is 3. The Bertz CT molecular complexity index is 2210. The van der Waals surface area contributed by atoms with Gasteiger partial charge < -0.3 is 14.6 Å². The fourth-order valence-corrected chi connectivity index (χ4v) is 5.93. The van der Waals surface area contributed by atoms with Crippen molar-refractivity contribution in [2.24, 2.45) is 11.8 Å². The van der Waals surface area contributed by atoms with Crippen molar-refractivity contribution < 1.29 is 41.4 Å². The van der Waals surface area contributed by atoms with E-state index in [1.807, 2.05) is 32.4 Å². The van der Waals surface area contributed by atoms with Crippen LogP contribution in [-0.2, 0) is 10.0 Å². The molecule has 10 nitrogen and oxygen atoms in total. The summed E-state index contributed by atoms with van der Waals surface area (Å²) >= 11 is 12.0. The predicted octanol–water partition coefficient (Wildman–Crippen LogP) is 8.97. The Kier molecular flexibility index (Phi) is 13.9. The van der Waals surface area contributed by atoms with Crippen molar-refractivity contribution in [3.8, 4) is 34.0 Å². The summed E-state index contributed by atoms with van der Waals surface area (Å²) in [5, 5.41) is 8.58. The number of rotatable bonds is 12. The second kappa shape index (κ2) is 18.1. The molecular weight excluding hydrogens is 751 g/mol. The standard InChI is InChI=1S/C22H20ClFN2O4S.C16H15ClFNO3/c1-14(2)13-30-17-11-15(10-16(24)12-17)20-9-8-19(21(23)25-20)22(27)26-31(28,29)18-6-4-3-5-7-18;1-9(2)8-22-12-6-10(5-11(18)7-12)14-4-3-13(16(20)21)15(17)19-14/h3-12,14H,13H2,1-2H3,(H,26,27);3-7,9H,8H2,1-2H3,(H,20,21). The largest absolute Gasteiger partial charge is 0.493 e. The molecular formula is C38H35Cl2F2N3O7S. The smallest absolute Gasteiger partial charge is 0.338 e. The van der Waals surface area contributed by atoms with Gasteiger partial charge in [-0.1, -0.05) is 69.1 Å². The van der Waals surface area contributed by atoms with Gasteiger partial charge in [-0.2, -0.15) is 0 Å². The Balaban J connectivity index is 0.000000251. The van der Waals surface area contributed by atoms with Crippen LogP contribution in [0.25, 0.3) is 22.5 Å². The first kappa shape index (κ1) is 40.7. The highest BCUT2D eigenvalue weighted by molar-refractivity contribution is 7.90. The molecule has 53 heavy (non-hydrogen) atoms. The Labute approximate surface area is 315 Å². The van der Waals surface area contributed by atoms with Crippen LogP contribution in [0.5, 0.6) is 11.5 Å². The lowest BCUT2D eigenvalue weighted by molar-refractivity contribution is 0.0696. The second-order valence-electron chi connectivity index (χ2n) is 12.4. The van der Waals surface area contributed by atoms with Gasteiger partial charge in [0.2, 0.25) is 0 Å². The van der Waals surface area contributed by atoms with Crippen molar-refractivity contribution >= 4 is 45.1 Å². The number of halogens is 4. The van der Waals surface area contributed by atoms with Crippen LogP contribution >= 0.6 is 23.2 Å². The zero-order chi connectivity index (χ0) is 38.9. The number of hydrogen-bond acceptors (Lipinski definition) is 8. The van der Waals surface area contributed by atoms with Gasteiger partial charge >= 0.3 is 5.97 Å². The molecule has 278 valence electrons. The number of hydrogen-bond donors (Lipinski definition) is 2.